The van der Waals surface area contributed by atoms with Crippen molar-refractivity contribution in [2.45, 2.75) is 32.9 Å². The molecule has 1 aromatic carbocycles. The largest absolute Gasteiger partial charge is 0.375 e. The molecular formula is C24H26IN5O2S. The van der Waals surface area contributed by atoms with Crippen molar-refractivity contribution in [3.63, 3.8) is 0 Å². The van der Waals surface area contributed by atoms with Crippen LogP contribution in [0.4, 0.5) is 11.4 Å². The smallest absolute Gasteiger partial charge is 0.250 e. The maximum Gasteiger partial charge on any atom is 0.250 e. The van der Waals surface area contributed by atoms with Crippen molar-refractivity contribution in [3.05, 3.63) is 74.4 Å². The number of halogens is 1. The van der Waals surface area contributed by atoms with E-state index in [1.165, 1.54) is 16.2 Å². The highest BCUT2D eigenvalue weighted by molar-refractivity contribution is 14.1. The van der Waals surface area contributed by atoms with Gasteiger partial charge in [-0.1, -0.05) is 6.07 Å². The standard InChI is InChI=1S/C24H26IN5O2S/c1-13-11-16(8-9-17(13)28-19(31)12-32-4)30-23(20-14(2)27-15(3)21(20)25)22(29-24(30)33)18-7-5-6-10-26-18/h5-11,22-23,27H,12H2,1-4H3,(H,28,31)(H,29,33)/t22-,23-/m0/s1. The molecule has 2 aromatic heterocycles. The average Bonchev–Trinajstić information content (AvgIpc) is 3.25. The molecule has 1 aliphatic heterocycles. The Bertz CT molecular complexity index is 1200. The number of anilines is 2. The highest BCUT2D eigenvalue weighted by atomic mass is 127. The molecule has 1 amide bonds. The summed E-state index contributed by atoms with van der Waals surface area (Å²) in [5, 5.41) is 7.04. The van der Waals surface area contributed by atoms with Crippen LogP contribution >= 0.6 is 34.8 Å². The summed E-state index contributed by atoms with van der Waals surface area (Å²) < 4.78 is 6.11. The molecule has 0 saturated carbocycles. The van der Waals surface area contributed by atoms with E-state index < -0.39 is 0 Å². The second-order valence-electron chi connectivity index (χ2n) is 8.08. The number of aromatic amines is 1. The summed E-state index contributed by atoms with van der Waals surface area (Å²) in [6.45, 7) is 6.17. The van der Waals surface area contributed by atoms with E-state index in [1.807, 2.05) is 49.5 Å². The van der Waals surface area contributed by atoms with Gasteiger partial charge in [0, 0.05) is 45.2 Å². The first kappa shape index (κ1) is 23.7. The lowest BCUT2D eigenvalue weighted by molar-refractivity contribution is -0.119. The molecule has 3 heterocycles. The molecule has 0 aliphatic carbocycles. The van der Waals surface area contributed by atoms with E-state index in [1.54, 1.807) is 0 Å². The normalized spacial score (nSPS) is 17.8. The number of aryl methyl sites for hydroxylation is 3. The minimum absolute atomic E-state index is 0.0136. The minimum atomic E-state index is -0.187. The molecule has 1 saturated heterocycles. The van der Waals surface area contributed by atoms with E-state index in [0.717, 1.165) is 34.0 Å². The molecule has 0 spiro atoms. The summed E-state index contributed by atoms with van der Waals surface area (Å²) in [5.74, 6) is -0.187. The van der Waals surface area contributed by atoms with Gasteiger partial charge in [0.2, 0.25) is 5.91 Å². The van der Waals surface area contributed by atoms with Gasteiger partial charge in [0.1, 0.15) is 6.61 Å². The monoisotopic (exact) mass is 575 g/mol. The summed E-state index contributed by atoms with van der Waals surface area (Å²) in [5.41, 5.74) is 7.02. The van der Waals surface area contributed by atoms with Gasteiger partial charge >= 0.3 is 0 Å². The predicted octanol–water partition coefficient (Wildman–Crippen LogP) is 4.70. The Balaban J connectivity index is 1.78. The number of nitrogens with one attached hydrogen (secondary N) is 3. The number of thiocarbonyl (C=S) groups is 1. The fraction of sp³-hybridized carbons (Fsp3) is 0.292. The Hall–Kier alpha value is -2.50. The van der Waals surface area contributed by atoms with Crippen molar-refractivity contribution >= 4 is 57.2 Å². The van der Waals surface area contributed by atoms with Gasteiger partial charge in [-0.25, -0.2) is 0 Å². The number of amides is 1. The van der Waals surface area contributed by atoms with Crippen LogP contribution in [0, 0.1) is 24.3 Å². The number of pyridine rings is 1. The van der Waals surface area contributed by atoms with E-state index in [2.05, 4.69) is 61.9 Å². The first-order chi connectivity index (χ1) is 15.8. The van der Waals surface area contributed by atoms with Crippen LogP contribution in [-0.2, 0) is 9.53 Å². The predicted molar refractivity (Wildman–Crippen MR) is 143 cm³/mol. The summed E-state index contributed by atoms with van der Waals surface area (Å²) >= 11 is 8.24. The van der Waals surface area contributed by atoms with Gasteiger partial charge in [0.15, 0.2) is 5.11 Å². The maximum absolute atomic E-state index is 12.0. The lowest BCUT2D eigenvalue weighted by Crippen LogP contribution is -2.30. The summed E-state index contributed by atoms with van der Waals surface area (Å²) in [6, 6.07) is 11.7. The van der Waals surface area contributed by atoms with Crippen LogP contribution in [-0.4, -0.2) is 34.7 Å². The molecule has 1 aliphatic rings. The van der Waals surface area contributed by atoms with Gasteiger partial charge in [-0.15, -0.1) is 0 Å². The van der Waals surface area contributed by atoms with Crippen molar-refractivity contribution in [1.82, 2.24) is 15.3 Å². The number of ether oxygens (including phenoxy) is 1. The van der Waals surface area contributed by atoms with E-state index in [-0.39, 0.29) is 24.6 Å². The van der Waals surface area contributed by atoms with Crippen molar-refractivity contribution in [2.75, 3.05) is 23.9 Å². The van der Waals surface area contributed by atoms with Crippen LogP contribution in [0.2, 0.25) is 0 Å². The first-order valence-electron chi connectivity index (χ1n) is 10.6. The second-order valence-corrected chi connectivity index (χ2v) is 9.55. The molecular weight excluding hydrogens is 549 g/mol. The Labute approximate surface area is 212 Å². The molecule has 7 nitrogen and oxygen atoms in total. The summed E-state index contributed by atoms with van der Waals surface area (Å²) in [4.78, 5) is 22.2. The topological polar surface area (TPSA) is 82.3 Å². The number of hydrogen-bond acceptors (Lipinski definition) is 4. The zero-order valence-electron chi connectivity index (χ0n) is 18.9. The van der Waals surface area contributed by atoms with Crippen molar-refractivity contribution in [1.29, 1.82) is 0 Å². The molecule has 0 radical (unpaired) electrons. The Morgan fingerprint density at radius 3 is 2.64 bits per heavy atom. The van der Waals surface area contributed by atoms with Crippen LogP contribution in [0.5, 0.6) is 0 Å². The molecule has 2 atom stereocenters. The van der Waals surface area contributed by atoms with Crippen molar-refractivity contribution in [3.8, 4) is 0 Å². The number of nitrogens with zero attached hydrogens (tertiary/aromatic N) is 2. The highest BCUT2D eigenvalue weighted by Gasteiger charge is 2.43. The zero-order valence-corrected chi connectivity index (χ0v) is 21.9. The lowest BCUT2D eigenvalue weighted by atomic mass is 9.96. The second kappa shape index (κ2) is 9.78. The van der Waals surface area contributed by atoms with E-state index >= 15 is 0 Å². The number of rotatable bonds is 6. The van der Waals surface area contributed by atoms with Gasteiger partial charge < -0.3 is 25.3 Å². The van der Waals surface area contributed by atoms with Crippen LogP contribution < -0.4 is 15.5 Å². The van der Waals surface area contributed by atoms with Crippen LogP contribution in [0.15, 0.2) is 42.6 Å². The highest BCUT2D eigenvalue weighted by Crippen LogP contribution is 2.45. The van der Waals surface area contributed by atoms with E-state index in [4.69, 9.17) is 17.0 Å². The number of benzene rings is 1. The van der Waals surface area contributed by atoms with Gasteiger partial charge in [-0.2, -0.15) is 0 Å². The Kier molecular flexibility index (Phi) is 7.01. The Morgan fingerprint density at radius 1 is 1.24 bits per heavy atom. The third-order valence-corrected chi connectivity index (χ3v) is 7.48. The molecule has 172 valence electrons. The van der Waals surface area contributed by atoms with Crippen molar-refractivity contribution < 1.29 is 9.53 Å². The number of carbonyl (C=O) groups is 1. The molecule has 9 heteroatoms. The Morgan fingerprint density at radius 2 is 2.03 bits per heavy atom. The SMILES string of the molecule is COCC(=O)Nc1ccc(N2C(=S)N[C@@H](c3ccccn3)[C@@H]2c2c(C)[nH]c(C)c2I)cc1C. The molecule has 4 rings (SSSR count). The summed E-state index contributed by atoms with van der Waals surface area (Å²) in [7, 11) is 1.50. The van der Waals surface area contributed by atoms with Crippen LogP contribution in [0.25, 0.3) is 0 Å². The van der Waals surface area contributed by atoms with Crippen LogP contribution in [0.3, 0.4) is 0 Å². The fourth-order valence-electron chi connectivity index (χ4n) is 4.30. The number of carbonyl (C=O) groups excluding carboxylic acids is 1. The molecule has 3 N–H and O–H groups in total. The molecule has 3 aromatic rings. The number of methoxy groups -OCH3 is 1. The van der Waals surface area contributed by atoms with Crippen molar-refractivity contribution in [2.24, 2.45) is 0 Å². The van der Waals surface area contributed by atoms with Gasteiger partial charge in [-0.05, 0) is 91.5 Å². The maximum atomic E-state index is 12.0. The van der Waals surface area contributed by atoms with Gasteiger partial charge in [0.05, 0.1) is 17.8 Å². The lowest BCUT2D eigenvalue weighted by Gasteiger charge is -2.29. The first-order valence-corrected chi connectivity index (χ1v) is 12.0. The van der Waals surface area contributed by atoms with Gasteiger partial charge in [-0.3, -0.25) is 9.78 Å². The average molecular weight is 575 g/mol. The quantitative estimate of drug-likeness (QED) is 0.292. The molecule has 33 heavy (non-hydrogen) atoms. The van der Waals surface area contributed by atoms with Gasteiger partial charge in [0.25, 0.3) is 0 Å². The zero-order chi connectivity index (χ0) is 23.7. The summed E-state index contributed by atoms with van der Waals surface area (Å²) in [6.07, 6.45) is 1.81. The number of H-pyrrole nitrogens is 1. The number of hydrogen-bond donors (Lipinski definition) is 3. The molecule has 0 bridgehead atoms. The minimum Gasteiger partial charge on any atom is -0.375 e. The third-order valence-electron chi connectivity index (χ3n) is 5.78. The molecule has 1 fully saturated rings. The van der Waals surface area contributed by atoms with E-state index in [0.29, 0.717) is 5.11 Å². The third kappa shape index (κ3) is 4.62. The number of aromatic nitrogens is 2. The van der Waals surface area contributed by atoms with Crippen LogP contribution in [0.1, 0.15) is 40.3 Å². The fourth-order valence-corrected chi connectivity index (χ4v) is 5.51. The molecule has 0 unspecified atom stereocenters. The van der Waals surface area contributed by atoms with E-state index in [9.17, 15) is 4.79 Å².